The number of aromatic nitrogens is 2. The third-order valence-corrected chi connectivity index (χ3v) is 2.50. The molecule has 0 spiro atoms. The Balaban J connectivity index is 2.74. The first kappa shape index (κ1) is 11.5. The van der Waals surface area contributed by atoms with Gasteiger partial charge in [-0.3, -0.25) is 4.68 Å². The third kappa shape index (κ3) is 2.72. The zero-order valence-corrected chi connectivity index (χ0v) is 9.84. The van der Waals surface area contributed by atoms with Crippen LogP contribution in [0.4, 0.5) is 0 Å². The topological polar surface area (TPSA) is 38.0 Å². The van der Waals surface area contributed by atoms with Crippen molar-refractivity contribution in [2.45, 2.75) is 40.3 Å². The molecule has 1 aromatic rings. The fraction of sp³-hybridized carbons (Fsp3) is 0.700. The van der Waals surface area contributed by atoms with Gasteiger partial charge in [0.25, 0.3) is 0 Å². The van der Waals surface area contributed by atoms with E-state index >= 15 is 0 Å². The molecule has 0 saturated carbocycles. The highest BCUT2D eigenvalue weighted by Crippen LogP contribution is 2.21. The van der Waals surface area contributed by atoms with Crippen molar-refractivity contribution in [3.8, 4) is 0 Å². The number of aryl methyl sites for hydroxylation is 1. The lowest BCUT2D eigenvalue weighted by Crippen LogP contribution is -2.31. The quantitative estimate of drug-likeness (QED) is 0.824. The molecule has 0 aliphatic carbocycles. The van der Waals surface area contributed by atoms with Crippen molar-refractivity contribution in [1.29, 1.82) is 0 Å². The summed E-state index contributed by atoms with van der Waals surface area (Å²) in [5.74, 6) is 0. The van der Waals surface area contributed by atoms with E-state index in [2.05, 4.69) is 5.10 Å². The smallest absolute Gasteiger partial charge is 0.127 e. The van der Waals surface area contributed by atoms with Crippen LogP contribution in [0.3, 0.4) is 0 Å². The summed E-state index contributed by atoms with van der Waals surface area (Å²) in [6.07, 6.45) is -0.445. The fourth-order valence-electron chi connectivity index (χ4n) is 1.08. The summed E-state index contributed by atoms with van der Waals surface area (Å²) in [6, 6.07) is 1.79. The van der Waals surface area contributed by atoms with E-state index in [4.69, 9.17) is 11.6 Å². The Kier molecular flexibility index (Phi) is 3.22. The zero-order chi connectivity index (χ0) is 10.9. The molecule has 14 heavy (non-hydrogen) atoms. The van der Waals surface area contributed by atoms with E-state index in [1.54, 1.807) is 10.7 Å². The van der Waals surface area contributed by atoms with Gasteiger partial charge in [-0.25, -0.2) is 0 Å². The van der Waals surface area contributed by atoms with E-state index in [-0.39, 0.29) is 5.41 Å². The minimum atomic E-state index is -0.445. The van der Waals surface area contributed by atoms with E-state index in [1.807, 2.05) is 27.7 Å². The summed E-state index contributed by atoms with van der Waals surface area (Å²) in [5.41, 5.74) is 0.722. The Morgan fingerprint density at radius 2 is 2.14 bits per heavy atom. The number of halogens is 1. The van der Waals surface area contributed by atoms with Gasteiger partial charge in [-0.05, 0) is 18.4 Å². The number of hydrogen-bond acceptors (Lipinski definition) is 2. The maximum absolute atomic E-state index is 9.85. The number of nitrogens with zero attached hydrogens (tertiary/aromatic N) is 2. The Morgan fingerprint density at radius 1 is 1.57 bits per heavy atom. The second kappa shape index (κ2) is 3.91. The summed E-state index contributed by atoms with van der Waals surface area (Å²) in [6.45, 7) is 8.29. The minimum Gasteiger partial charge on any atom is -0.391 e. The van der Waals surface area contributed by atoms with Gasteiger partial charge in [-0.2, -0.15) is 5.10 Å². The molecule has 1 heterocycles. The molecule has 3 nitrogen and oxygen atoms in total. The number of aliphatic hydroxyl groups excluding tert-OH is 1. The highest BCUT2D eigenvalue weighted by molar-refractivity contribution is 6.29. The molecule has 0 unspecified atom stereocenters. The molecule has 1 atom stereocenters. The average Bonchev–Trinajstić information content (AvgIpc) is 2.28. The Bertz CT molecular complexity index is 314. The van der Waals surface area contributed by atoms with Gasteiger partial charge in [0.2, 0.25) is 0 Å². The first-order valence-electron chi connectivity index (χ1n) is 4.68. The van der Waals surface area contributed by atoms with Crippen LogP contribution in [0.5, 0.6) is 0 Å². The zero-order valence-electron chi connectivity index (χ0n) is 9.08. The number of aliphatic hydroxyl groups is 1. The molecular weight excluding hydrogens is 200 g/mol. The van der Waals surface area contributed by atoms with Gasteiger partial charge in [0.05, 0.1) is 18.3 Å². The van der Waals surface area contributed by atoms with E-state index in [0.29, 0.717) is 11.7 Å². The normalized spacial score (nSPS) is 14.4. The molecule has 1 rings (SSSR count). The molecule has 0 bridgehead atoms. The monoisotopic (exact) mass is 216 g/mol. The molecule has 0 aliphatic rings. The molecule has 0 amide bonds. The highest BCUT2D eigenvalue weighted by Gasteiger charge is 2.23. The predicted octanol–water partition coefficient (Wildman–Crippen LogP) is 2.25. The van der Waals surface area contributed by atoms with Gasteiger partial charge in [0.1, 0.15) is 5.15 Å². The van der Waals surface area contributed by atoms with Crippen molar-refractivity contribution in [2.24, 2.45) is 5.41 Å². The lowest BCUT2D eigenvalue weighted by molar-refractivity contribution is 0.0451. The highest BCUT2D eigenvalue weighted by atomic mass is 35.5. The van der Waals surface area contributed by atoms with Crippen molar-refractivity contribution >= 4 is 11.6 Å². The van der Waals surface area contributed by atoms with Gasteiger partial charge >= 0.3 is 0 Å². The molecule has 0 fully saturated rings. The molecule has 0 saturated heterocycles. The van der Waals surface area contributed by atoms with Crippen molar-refractivity contribution in [2.75, 3.05) is 0 Å². The van der Waals surface area contributed by atoms with E-state index in [9.17, 15) is 5.11 Å². The standard InChI is InChI=1S/C10H17ClN2O/c1-7-5-9(11)13(12-7)6-8(14)10(2,3)4/h5,8,14H,6H2,1-4H3/t8-/m0/s1. The minimum absolute atomic E-state index is 0.150. The van der Waals surface area contributed by atoms with Gasteiger partial charge < -0.3 is 5.11 Å². The second-order valence-electron chi connectivity index (χ2n) is 4.67. The van der Waals surface area contributed by atoms with Crippen molar-refractivity contribution in [3.05, 3.63) is 16.9 Å². The fourth-order valence-corrected chi connectivity index (χ4v) is 1.34. The van der Waals surface area contributed by atoms with Crippen LogP contribution in [-0.2, 0) is 6.54 Å². The van der Waals surface area contributed by atoms with Gasteiger partial charge in [-0.1, -0.05) is 32.4 Å². The molecule has 0 aliphatic heterocycles. The van der Waals surface area contributed by atoms with Crippen LogP contribution in [0.25, 0.3) is 0 Å². The summed E-state index contributed by atoms with van der Waals surface area (Å²) in [5, 5.41) is 14.6. The average molecular weight is 217 g/mol. The molecule has 80 valence electrons. The molecule has 4 heteroatoms. The van der Waals surface area contributed by atoms with Crippen LogP contribution in [0, 0.1) is 12.3 Å². The number of rotatable bonds is 2. The van der Waals surface area contributed by atoms with Crippen LogP contribution in [0.1, 0.15) is 26.5 Å². The summed E-state index contributed by atoms with van der Waals surface area (Å²) in [4.78, 5) is 0. The summed E-state index contributed by atoms with van der Waals surface area (Å²) in [7, 11) is 0. The van der Waals surface area contributed by atoms with E-state index in [0.717, 1.165) is 5.69 Å². The van der Waals surface area contributed by atoms with Crippen molar-refractivity contribution in [1.82, 2.24) is 9.78 Å². The SMILES string of the molecule is Cc1cc(Cl)n(C[C@H](O)C(C)(C)C)n1. The molecule has 0 aromatic carbocycles. The molecular formula is C10H17ClN2O. The van der Waals surface area contributed by atoms with Gasteiger partial charge in [0.15, 0.2) is 0 Å². The first-order valence-corrected chi connectivity index (χ1v) is 5.06. The van der Waals surface area contributed by atoms with Gasteiger partial charge in [0, 0.05) is 0 Å². The Hall–Kier alpha value is -0.540. The Morgan fingerprint density at radius 3 is 2.50 bits per heavy atom. The van der Waals surface area contributed by atoms with Crippen LogP contribution < -0.4 is 0 Å². The first-order chi connectivity index (χ1) is 6.30. The third-order valence-electron chi connectivity index (χ3n) is 2.20. The molecule has 1 N–H and O–H groups in total. The van der Waals surface area contributed by atoms with Crippen LogP contribution in [0.2, 0.25) is 5.15 Å². The van der Waals surface area contributed by atoms with Crippen LogP contribution in [-0.4, -0.2) is 21.0 Å². The maximum Gasteiger partial charge on any atom is 0.127 e. The summed E-state index contributed by atoms with van der Waals surface area (Å²) >= 11 is 5.93. The van der Waals surface area contributed by atoms with Crippen LogP contribution in [0.15, 0.2) is 6.07 Å². The van der Waals surface area contributed by atoms with Crippen molar-refractivity contribution in [3.63, 3.8) is 0 Å². The maximum atomic E-state index is 9.85. The van der Waals surface area contributed by atoms with Crippen molar-refractivity contribution < 1.29 is 5.11 Å². The van der Waals surface area contributed by atoms with Crippen LogP contribution >= 0.6 is 11.6 Å². The second-order valence-corrected chi connectivity index (χ2v) is 5.06. The lowest BCUT2D eigenvalue weighted by Gasteiger charge is -2.25. The Labute approximate surface area is 89.7 Å². The molecule has 0 radical (unpaired) electrons. The lowest BCUT2D eigenvalue weighted by atomic mass is 9.89. The summed E-state index contributed by atoms with van der Waals surface area (Å²) < 4.78 is 1.63. The number of hydrogen-bond donors (Lipinski definition) is 1. The largest absolute Gasteiger partial charge is 0.391 e. The van der Waals surface area contributed by atoms with E-state index < -0.39 is 6.10 Å². The van der Waals surface area contributed by atoms with Gasteiger partial charge in [-0.15, -0.1) is 0 Å². The molecule has 1 aromatic heterocycles. The van der Waals surface area contributed by atoms with E-state index in [1.165, 1.54) is 0 Å². The predicted molar refractivity (Wildman–Crippen MR) is 57.4 cm³/mol.